The number of benzene rings is 2. The molecule has 3 rings (SSSR count). The van der Waals surface area contributed by atoms with Crippen LogP contribution in [0.4, 0.5) is 15.8 Å². The average molecular weight is 383 g/mol. The molecule has 7 heteroatoms. The van der Waals surface area contributed by atoms with E-state index >= 15 is 0 Å². The van der Waals surface area contributed by atoms with Crippen molar-refractivity contribution in [3.05, 3.63) is 59.9 Å². The number of guanidine groups is 1. The quantitative estimate of drug-likeness (QED) is 0.614. The lowest BCUT2D eigenvalue weighted by Crippen LogP contribution is -2.51. The average Bonchev–Trinajstić information content (AvgIpc) is 2.69. The largest absolute Gasteiger partial charge is 0.370 e. The minimum atomic E-state index is -0.219. The van der Waals surface area contributed by atoms with Gasteiger partial charge in [-0.3, -0.25) is 9.79 Å². The van der Waals surface area contributed by atoms with Gasteiger partial charge in [-0.05, 0) is 48.4 Å². The van der Waals surface area contributed by atoms with E-state index in [0.29, 0.717) is 12.5 Å². The summed E-state index contributed by atoms with van der Waals surface area (Å²) >= 11 is 0. The third kappa shape index (κ3) is 5.45. The monoisotopic (exact) mass is 383 g/mol. The van der Waals surface area contributed by atoms with Gasteiger partial charge in [0.25, 0.3) is 0 Å². The van der Waals surface area contributed by atoms with Crippen LogP contribution in [0.1, 0.15) is 12.5 Å². The van der Waals surface area contributed by atoms with Crippen molar-refractivity contribution in [3.63, 3.8) is 0 Å². The summed E-state index contributed by atoms with van der Waals surface area (Å²) in [5, 5.41) is 2.75. The Morgan fingerprint density at radius 3 is 2.32 bits per heavy atom. The lowest BCUT2D eigenvalue weighted by Gasteiger charge is -2.36. The van der Waals surface area contributed by atoms with E-state index in [1.807, 2.05) is 24.3 Å². The maximum atomic E-state index is 13.1. The predicted molar refractivity (Wildman–Crippen MR) is 111 cm³/mol. The Hall–Kier alpha value is -3.09. The Labute approximate surface area is 164 Å². The smallest absolute Gasteiger partial charge is 0.221 e. The molecule has 0 spiro atoms. The fourth-order valence-electron chi connectivity index (χ4n) is 3.20. The van der Waals surface area contributed by atoms with Crippen LogP contribution in [0.3, 0.4) is 0 Å². The van der Waals surface area contributed by atoms with E-state index in [1.54, 1.807) is 12.1 Å². The van der Waals surface area contributed by atoms with Crippen LogP contribution >= 0.6 is 0 Å². The van der Waals surface area contributed by atoms with Gasteiger partial charge in [0.15, 0.2) is 5.96 Å². The van der Waals surface area contributed by atoms with Crippen LogP contribution in [-0.4, -0.2) is 49.5 Å². The van der Waals surface area contributed by atoms with Crippen molar-refractivity contribution in [1.82, 2.24) is 4.90 Å². The van der Waals surface area contributed by atoms with E-state index in [-0.39, 0.29) is 11.7 Å². The van der Waals surface area contributed by atoms with Gasteiger partial charge in [0, 0.05) is 51.0 Å². The summed E-state index contributed by atoms with van der Waals surface area (Å²) < 4.78 is 13.1. The topological polar surface area (TPSA) is 74.0 Å². The summed E-state index contributed by atoms with van der Waals surface area (Å²) in [4.78, 5) is 19.9. The highest BCUT2D eigenvalue weighted by atomic mass is 19.1. The van der Waals surface area contributed by atoms with Crippen LogP contribution in [0.25, 0.3) is 0 Å². The zero-order chi connectivity index (χ0) is 19.9. The molecule has 2 aromatic carbocycles. The van der Waals surface area contributed by atoms with E-state index in [2.05, 4.69) is 20.1 Å². The highest BCUT2D eigenvalue weighted by Gasteiger charge is 2.18. The fraction of sp³-hybridized carbons (Fsp3) is 0.333. The van der Waals surface area contributed by atoms with Crippen LogP contribution in [0, 0.1) is 5.82 Å². The first-order valence-corrected chi connectivity index (χ1v) is 9.43. The molecule has 0 aliphatic carbocycles. The molecule has 2 aromatic rings. The molecule has 1 fully saturated rings. The normalized spacial score (nSPS) is 14.9. The molecular formula is C21H26FN5O. The number of halogens is 1. The van der Waals surface area contributed by atoms with Crippen molar-refractivity contribution in [2.45, 2.75) is 13.3 Å². The lowest BCUT2D eigenvalue weighted by molar-refractivity contribution is -0.114. The highest BCUT2D eigenvalue weighted by molar-refractivity contribution is 5.88. The zero-order valence-electron chi connectivity index (χ0n) is 16.1. The molecule has 148 valence electrons. The second-order valence-corrected chi connectivity index (χ2v) is 6.82. The second-order valence-electron chi connectivity index (χ2n) is 6.82. The van der Waals surface area contributed by atoms with Gasteiger partial charge in [-0.2, -0.15) is 0 Å². The van der Waals surface area contributed by atoms with Crippen molar-refractivity contribution in [1.29, 1.82) is 0 Å². The molecule has 0 aromatic heterocycles. The number of nitrogens with one attached hydrogen (secondary N) is 1. The molecule has 1 aliphatic heterocycles. The van der Waals surface area contributed by atoms with Crippen LogP contribution < -0.4 is 16.0 Å². The number of piperazine rings is 1. The van der Waals surface area contributed by atoms with Crippen LogP contribution in [-0.2, 0) is 11.2 Å². The van der Waals surface area contributed by atoms with Crippen molar-refractivity contribution < 1.29 is 9.18 Å². The maximum absolute atomic E-state index is 13.1. The minimum absolute atomic E-state index is 0.0790. The van der Waals surface area contributed by atoms with Gasteiger partial charge >= 0.3 is 0 Å². The summed E-state index contributed by atoms with van der Waals surface area (Å²) in [6, 6.07) is 14.3. The molecular weight excluding hydrogens is 357 g/mol. The van der Waals surface area contributed by atoms with E-state index in [0.717, 1.165) is 49.5 Å². The standard InChI is InChI=1S/C21H26FN5O/c1-16(28)25-19-6-2-17(3-7-19)10-11-24-21(23)27-14-12-26(13-15-27)20-8-4-18(22)5-9-20/h2-9H,10-15H2,1H3,(H2,23,24)(H,25,28). The third-order valence-corrected chi connectivity index (χ3v) is 4.74. The van der Waals surface area contributed by atoms with Gasteiger partial charge in [0.2, 0.25) is 5.91 Å². The third-order valence-electron chi connectivity index (χ3n) is 4.74. The van der Waals surface area contributed by atoms with Crippen molar-refractivity contribution in [2.24, 2.45) is 10.7 Å². The molecule has 1 aliphatic rings. The maximum Gasteiger partial charge on any atom is 0.221 e. The number of amides is 1. The summed E-state index contributed by atoms with van der Waals surface area (Å²) in [7, 11) is 0. The molecule has 1 heterocycles. The second kappa shape index (κ2) is 9.21. The summed E-state index contributed by atoms with van der Waals surface area (Å²) in [5.74, 6) is 0.266. The number of nitrogens with two attached hydrogens (primary N) is 1. The molecule has 28 heavy (non-hydrogen) atoms. The first-order valence-electron chi connectivity index (χ1n) is 9.43. The van der Waals surface area contributed by atoms with Gasteiger partial charge in [0.05, 0.1) is 0 Å². The summed E-state index contributed by atoms with van der Waals surface area (Å²) in [5.41, 5.74) is 9.12. The van der Waals surface area contributed by atoms with Crippen molar-refractivity contribution in [2.75, 3.05) is 42.9 Å². The molecule has 1 saturated heterocycles. The minimum Gasteiger partial charge on any atom is -0.370 e. The number of hydrogen-bond acceptors (Lipinski definition) is 3. The molecule has 3 N–H and O–H groups in total. The number of nitrogens with zero attached hydrogens (tertiary/aromatic N) is 3. The van der Waals surface area contributed by atoms with Gasteiger partial charge in [0.1, 0.15) is 5.82 Å². The van der Waals surface area contributed by atoms with Crippen LogP contribution in [0.15, 0.2) is 53.5 Å². The Balaban J connectivity index is 1.45. The van der Waals surface area contributed by atoms with Crippen LogP contribution in [0.5, 0.6) is 0 Å². The molecule has 1 amide bonds. The molecule has 0 atom stereocenters. The molecule has 0 radical (unpaired) electrons. The van der Waals surface area contributed by atoms with Crippen LogP contribution in [0.2, 0.25) is 0 Å². The first-order chi connectivity index (χ1) is 13.5. The SMILES string of the molecule is CC(=O)Nc1ccc(CCN=C(N)N2CCN(c3ccc(F)cc3)CC2)cc1. The van der Waals surface area contributed by atoms with Gasteiger partial charge < -0.3 is 20.9 Å². The van der Waals surface area contributed by atoms with Crippen molar-refractivity contribution in [3.8, 4) is 0 Å². The van der Waals surface area contributed by atoms with Gasteiger partial charge in [-0.25, -0.2) is 4.39 Å². The predicted octanol–water partition coefficient (Wildman–Crippen LogP) is 2.46. The molecule has 0 saturated carbocycles. The van der Waals surface area contributed by atoms with E-state index in [9.17, 15) is 9.18 Å². The summed E-state index contributed by atoms with van der Waals surface area (Å²) in [6.45, 7) is 5.34. The molecule has 6 nitrogen and oxygen atoms in total. The lowest BCUT2D eigenvalue weighted by atomic mass is 10.1. The van der Waals surface area contributed by atoms with E-state index in [1.165, 1.54) is 19.1 Å². The number of carbonyl (C=O) groups is 1. The number of anilines is 2. The van der Waals surface area contributed by atoms with Crippen molar-refractivity contribution >= 4 is 23.2 Å². The van der Waals surface area contributed by atoms with E-state index < -0.39 is 0 Å². The van der Waals surface area contributed by atoms with E-state index in [4.69, 9.17) is 5.73 Å². The Morgan fingerprint density at radius 1 is 1.07 bits per heavy atom. The fourth-order valence-corrected chi connectivity index (χ4v) is 3.20. The zero-order valence-corrected chi connectivity index (χ0v) is 16.1. The highest BCUT2D eigenvalue weighted by Crippen LogP contribution is 2.17. The molecule has 0 unspecified atom stereocenters. The molecule has 0 bridgehead atoms. The Kier molecular flexibility index (Phi) is 6.47. The first kappa shape index (κ1) is 19.7. The number of rotatable bonds is 5. The van der Waals surface area contributed by atoms with Gasteiger partial charge in [-0.1, -0.05) is 12.1 Å². The number of hydrogen-bond donors (Lipinski definition) is 2. The number of aliphatic imine (C=N–C) groups is 1. The summed E-state index contributed by atoms with van der Waals surface area (Å²) in [6.07, 6.45) is 0.788. The number of carbonyl (C=O) groups excluding carboxylic acids is 1. The van der Waals surface area contributed by atoms with Gasteiger partial charge in [-0.15, -0.1) is 0 Å². The Morgan fingerprint density at radius 2 is 1.71 bits per heavy atom. The Bertz CT molecular complexity index is 812.